The van der Waals surface area contributed by atoms with E-state index in [4.69, 9.17) is 11.6 Å². The molecule has 0 heterocycles. The Hall–Kier alpha value is -0.280. The van der Waals surface area contributed by atoms with Crippen LogP contribution in [0.2, 0.25) is 0 Å². The van der Waals surface area contributed by atoms with Gasteiger partial charge in [0.2, 0.25) is 5.91 Å². The molecule has 0 N–H and O–H groups in total. The number of hydrogen-bond donors (Lipinski definition) is 0. The highest BCUT2D eigenvalue weighted by molar-refractivity contribution is 6.30. The van der Waals surface area contributed by atoms with Gasteiger partial charge in [0.25, 0.3) is 0 Å². The Labute approximate surface area is 92.0 Å². The minimum atomic E-state index is -0.413. The molecule has 0 aromatic carbocycles. The van der Waals surface area contributed by atoms with Crippen molar-refractivity contribution < 1.29 is 4.79 Å². The van der Waals surface area contributed by atoms with Gasteiger partial charge in [0, 0.05) is 19.6 Å². The summed E-state index contributed by atoms with van der Waals surface area (Å²) >= 11 is 5.77. The van der Waals surface area contributed by atoms with Gasteiger partial charge in [0.05, 0.1) is 0 Å². The third-order valence-electron chi connectivity index (χ3n) is 1.96. The van der Waals surface area contributed by atoms with E-state index in [-0.39, 0.29) is 5.91 Å². The maximum absolute atomic E-state index is 11.6. The van der Waals surface area contributed by atoms with Crippen molar-refractivity contribution in [3.05, 3.63) is 0 Å². The second-order valence-corrected chi connectivity index (χ2v) is 4.40. The molecule has 0 spiro atoms. The molecule has 84 valence electrons. The van der Waals surface area contributed by atoms with Crippen LogP contribution in [0.15, 0.2) is 0 Å². The van der Waals surface area contributed by atoms with Crippen LogP contribution < -0.4 is 0 Å². The molecule has 0 radical (unpaired) electrons. The van der Waals surface area contributed by atoms with Crippen molar-refractivity contribution in [2.75, 3.05) is 33.7 Å². The van der Waals surface area contributed by atoms with E-state index >= 15 is 0 Å². The molecule has 0 aliphatic rings. The largest absolute Gasteiger partial charge is 0.340 e. The zero-order chi connectivity index (χ0) is 11.1. The van der Waals surface area contributed by atoms with Crippen molar-refractivity contribution in [3.63, 3.8) is 0 Å². The van der Waals surface area contributed by atoms with Crippen LogP contribution in [0.5, 0.6) is 0 Å². The number of likely N-dealkylation sites (N-methyl/N-ethyl adjacent to an activating group) is 1. The molecule has 1 amide bonds. The van der Waals surface area contributed by atoms with Crippen LogP contribution in [0, 0.1) is 0 Å². The fourth-order valence-electron chi connectivity index (χ4n) is 1.17. The second kappa shape index (κ2) is 7.07. The van der Waals surface area contributed by atoms with Crippen LogP contribution in [0.25, 0.3) is 0 Å². The average Bonchev–Trinajstić information content (AvgIpc) is 2.10. The SMILES string of the molecule is CCCN(CCN(C)C)C(=O)C(C)Cl. The zero-order valence-corrected chi connectivity index (χ0v) is 10.3. The first-order valence-electron chi connectivity index (χ1n) is 5.06. The molecule has 0 bridgehead atoms. The third kappa shape index (κ3) is 5.45. The predicted molar refractivity (Wildman–Crippen MR) is 60.7 cm³/mol. The van der Waals surface area contributed by atoms with Crippen molar-refractivity contribution in [2.24, 2.45) is 0 Å². The number of carbonyl (C=O) groups excluding carboxylic acids is 1. The van der Waals surface area contributed by atoms with Gasteiger partial charge in [-0.1, -0.05) is 6.92 Å². The number of amides is 1. The first-order valence-corrected chi connectivity index (χ1v) is 5.50. The van der Waals surface area contributed by atoms with Gasteiger partial charge >= 0.3 is 0 Å². The highest BCUT2D eigenvalue weighted by atomic mass is 35.5. The molecule has 1 atom stereocenters. The molecule has 0 aliphatic heterocycles. The molecule has 3 nitrogen and oxygen atoms in total. The highest BCUT2D eigenvalue weighted by Crippen LogP contribution is 2.02. The number of hydrogen-bond acceptors (Lipinski definition) is 2. The molecule has 4 heteroatoms. The van der Waals surface area contributed by atoms with Gasteiger partial charge < -0.3 is 9.80 Å². The summed E-state index contributed by atoms with van der Waals surface area (Å²) in [4.78, 5) is 15.5. The molecule has 1 unspecified atom stereocenters. The Morgan fingerprint density at radius 1 is 1.29 bits per heavy atom. The number of carbonyl (C=O) groups is 1. The minimum absolute atomic E-state index is 0.0374. The Balaban J connectivity index is 4.07. The Morgan fingerprint density at radius 3 is 2.21 bits per heavy atom. The number of rotatable bonds is 6. The summed E-state index contributed by atoms with van der Waals surface area (Å²) in [6, 6.07) is 0. The van der Waals surface area contributed by atoms with Gasteiger partial charge in [-0.25, -0.2) is 0 Å². The van der Waals surface area contributed by atoms with Crippen LogP contribution in [-0.2, 0) is 4.79 Å². The zero-order valence-electron chi connectivity index (χ0n) is 9.59. The lowest BCUT2D eigenvalue weighted by Crippen LogP contribution is -2.40. The van der Waals surface area contributed by atoms with E-state index < -0.39 is 5.38 Å². The lowest BCUT2D eigenvalue weighted by molar-refractivity contribution is -0.130. The number of alkyl halides is 1. The average molecular weight is 221 g/mol. The highest BCUT2D eigenvalue weighted by Gasteiger charge is 2.17. The van der Waals surface area contributed by atoms with E-state index in [2.05, 4.69) is 11.8 Å². The monoisotopic (exact) mass is 220 g/mol. The fourth-order valence-corrected chi connectivity index (χ4v) is 1.31. The fraction of sp³-hybridized carbons (Fsp3) is 0.900. The van der Waals surface area contributed by atoms with Crippen molar-refractivity contribution in [1.82, 2.24) is 9.80 Å². The molecule has 0 aromatic heterocycles. The molecule has 0 aliphatic carbocycles. The third-order valence-corrected chi connectivity index (χ3v) is 2.15. The predicted octanol–water partition coefficient (Wildman–Crippen LogP) is 1.41. The Kier molecular flexibility index (Phi) is 6.93. The standard InChI is InChI=1S/C10H21ClN2O/c1-5-6-13(8-7-12(3)4)10(14)9(2)11/h9H,5-8H2,1-4H3. The summed E-state index contributed by atoms with van der Waals surface area (Å²) in [6.07, 6.45) is 0.975. The number of nitrogens with zero attached hydrogens (tertiary/aromatic N) is 2. The van der Waals surface area contributed by atoms with E-state index in [1.807, 2.05) is 19.0 Å². The summed E-state index contributed by atoms with van der Waals surface area (Å²) in [5.41, 5.74) is 0. The van der Waals surface area contributed by atoms with E-state index in [1.165, 1.54) is 0 Å². The van der Waals surface area contributed by atoms with E-state index in [0.29, 0.717) is 0 Å². The Bertz CT molecular complexity index is 172. The lowest BCUT2D eigenvalue weighted by atomic mass is 10.3. The molecule has 0 rings (SSSR count). The summed E-state index contributed by atoms with van der Waals surface area (Å²) in [6.45, 7) is 6.23. The smallest absolute Gasteiger partial charge is 0.240 e. The number of halogens is 1. The maximum Gasteiger partial charge on any atom is 0.240 e. The molecular formula is C10H21ClN2O. The van der Waals surface area contributed by atoms with Crippen LogP contribution in [0.4, 0.5) is 0 Å². The van der Waals surface area contributed by atoms with Gasteiger partial charge in [0.1, 0.15) is 5.38 Å². The van der Waals surface area contributed by atoms with Crippen molar-refractivity contribution in [1.29, 1.82) is 0 Å². The van der Waals surface area contributed by atoms with E-state index in [0.717, 1.165) is 26.1 Å². The quantitative estimate of drug-likeness (QED) is 0.632. The lowest BCUT2D eigenvalue weighted by Gasteiger charge is -2.24. The minimum Gasteiger partial charge on any atom is -0.340 e. The molecule has 0 fully saturated rings. The topological polar surface area (TPSA) is 23.6 Å². The van der Waals surface area contributed by atoms with E-state index in [9.17, 15) is 4.79 Å². The maximum atomic E-state index is 11.6. The van der Waals surface area contributed by atoms with E-state index in [1.54, 1.807) is 6.92 Å². The van der Waals surface area contributed by atoms with Crippen LogP contribution in [0.1, 0.15) is 20.3 Å². The normalized spacial score (nSPS) is 13.0. The van der Waals surface area contributed by atoms with Gasteiger partial charge in [-0.15, -0.1) is 11.6 Å². The molecule has 0 aromatic rings. The summed E-state index contributed by atoms with van der Waals surface area (Å²) in [5.74, 6) is 0.0374. The van der Waals surface area contributed by atoms with Crippen molar-refractivity contribution in [3.8, 4) is 0 Å². The van der Waals surface area contributed by atoms with Crippen molar-refractivity contribution in [2.45, 2.75) is 25.6 Å². The Morgan fingerprint density at radius 2 is 1.86 bits per heavy atom. The first kappa shape index (κ1) is 13.7. The van der Waals surface area contributed by atoms with Crippen LogP contribution in [-0.4, -0.2) is 54.8 Å². The molecule has 0 saturated heterocycles. The first-order chi connectivity index (χ1) is 6.49. The molecule has 14 heavy (non-hydrogen) atoms. The van der Waals surface area contributed by atoms with Gasteiger partial charge in [0.15, 0.2) is 0 Å². The van der Waals surface area contributed by atoms with Crippen LogP contribution in [0.3, 0.4) is 0 Å². The van der Waals surface area contributed by atoms with Crippen LogP contribution >= 0.6 is 11.6 Å². The van der Waals surface area contributed by atoms with Gasteiger partial charge in [-0.05, 0) is 27.4 Å². The van der Waals surface area contributed by atoms with Crippen molar-refractivity contribution >= 4 is 17.5 Å². The summed E-state index contributed by atoms with van der Waals surface area (Å²) in [7, 11) is 4.00. The molecular weight excluding hydrogens is 200 g/mol. The molecule has 0 saturated carbocycles. The summed E-state index contributed by atoms with van der Waals surface area (Å²) in [5, 5.41) is -0.413. The van der Waals surface area contributed by atoms with Gasteiger partial charge in [-0.3, -0.25) is 4.79 Å². The second-order valence-electron chi connectivity index (χ2n) is 3.74. The van der Waals surface area contributed by atoms with Gasteiger partial charge in [-0.2, -0.15) is 0 Å². The summed E-state index contributed by atoms with van der Waals surface area (Å²) < 4.78 is 0.